The Balaban J connectivity index is 2.13. The molecule has 1 aliphatic rings. The Bertz CT molecular complexity index is 447. The summed E-state index contributed by atoms with van der Waals surface area (Å²) in [4.78, 5) is 13.4. The summed E-state index contributed by atoms with van der Waals surface area (Å²) in [6, 6.07) is 9.52. The lowest BCUT2D eigenvalue weighted by atomic mass is 10.1. The Hall–Kier alpha value is -2.02. The molecule has 0 radical (unpaired) electrons. The van der Waals surface area contributed by atoms with Crippen LogP contribution in [0.5, 0.6) is 5.75 Å². The maximum absolute atomic E-state index is 11.7. The highest BCUT2D eigenvalue weighted by Crippen LogP contribution is 2.26. The average molecular weight is 230 g/mol. The van der Waals surface area contributed by atoms with Crippen LogP contribution >= 0.6 is 0 Å². The third-order valence-electron chi connectivity index (χ3n) is 2.77. The molecule has 1 saturated heterocycles. The molecule has 1 atom stereocenters. The van der Waals surface area contributed by atoms with E-state index in [1.807, 2.05) is 31.2 Å². The molecular formula is C13H14N2O2. The van der Waals surface area contributed by atoms with Crippen LogP contribution in [0.1, 0.15) is 13.3 Å². The molecule has 1 aliphatic heterocycles. The molecule has 1 amide bonds. The minimum absolute atomic E-state index is 0.0145. The van der Waals surface area contributed by atoms with Gasteiger partial charge in [-0.25, -0.2) is 0 Å². The normalized spacial score (nSPS) is 19.2. The number of carbonyl (C=O) groups is 1. The van der Waals surface area contributed by atoms with Gasteiger partial charge in [0.2, 0.25) is 5.91 Å². The molecule has 0 aliphatic carbocycles. The number of hydrogen-bond acceptors (Lipinski definition) is 3. The first-order valence-electron chi connectivity index (χ1n) is 5.67. The number of carbonyl (C=O) groups excluding carboxylic acids is 1. The van der Waals surface area contributed by atoms with Crippen LogP contribution in [0.2, 0.25) is 0 Å². The summed E-state index contributed by atoms with van der Waals surface area (Å²) in [5, 5.41) is 8.81. The van der Waals surface area contributed by atoms with Gasteiger partial charge in [0.05, 0.1) is 18.6 Å². The van der Waals surface area contributed by atoms with Crippen LogP contribution in [0.15, 0.2) is 24.3 Å². The summed E-state index contributed by atoms with van der Waals surface area (Å²) in [7, 11) is 0. The van der Waals surface area contributed by atoms with E-state index in [0.29, 0.717) is 19.6 Å². The van der Waals surface area contributed by atoms with Gasteiger partial charge < -0.3 is 9.64 Å². The summed E-state index contributed by atoms with van der Waals surface area (Å²) < 4.78 is 5.34. The Kier molecular flexibility index (Phi) is 3.29. The highest BCUT2D eigenvalue weighted by atomic mass is 16.5. The summed E-state index contributed by atoms with van der Waals surface area (Å²) in [6.07, 6.45) is 0.323. The largest absolute Gasteiger partial charge is 0.494 e. The fourth-order valence-electron chi connectivity index (χ4n) is 1.93. The van der Waals surface area contributed by atoms with E-state index in [0.717, 1.165) is 11.4 Å². The zero-order valence-electron chi connectivity index (χ0n) is 9.72. The molecule has 0 aromatic heterocycles. The number of nitriles is 1. The Morgan fingerprint density at radius 2 is 2.18 bits per heavy atom. The first-order valence-corrected chi connectivity index (χ1v) is 5.67. The van der Waals surface area contributed by atoms with Crippen LogP contribution in [0, 0.1) is 17.2 Å². The van der Waals surface area contributed by atoms with Crippen molar-refractivity contribution >= 4 is 11.6 Å². The van der Waals surface area contributed by atoms with Gasteiger partial charge in [-0.1, -0.05) is 0 Å². The monoisotopic (exact) mass is 230 g/mol. The van der Waals surface area contributed by atoms with Gasteiger partial charge in [0.25, 0.3) is 0 Å². The lowest BCUT2D eigenvalue weighted by molar-refractivity contribution is -0.117. The van der Waals surface area contributed by atoms with E-state index in [1.165, 1.54) is 0 Å². The third-order valence-corrected chi connectivity index (χ3v) is 2.77. The first kappa shape index (κ1) is 11.5. The van der Waals surface area contributed by atoms with Gasteiger partial charge in [0.1, 0.15) is 5.75 Å². The maximum atomic E-state index is 11.7. The van der Waals surface area contributed by atoms with Gasteiger partial charge in [-0.3, -0.25) is 4.79 Å². The fraction of sp³-hybridized carbons (Fsp3) is 0.385. The van der Waals surface area contributed by atoms with Crippen molar-refractivity contribution in [1.82, 2.24) is 0 Å². The van der Waals surface area contributed by atoms with Crippen molar-refractivity contribution in [2.75, 3.05) is 18.1 Å². The average Bonchev–Trinajstić information content (AvgIpc) is 2.72. The highest BCUT2D eigenvalue weighted by Gasteiger charge is 2.30. The van der Waals surface area contributed by atoms with Crippen molar-refractivity contribution in [3.63, 3.8) is 0 Å². The second-order valence-corrected chi connectivity index (χ2v) is 3.96. The van der Waals surface area contributed by atoms with Crippen LogP contribution in [0.25, 0.3) is 0 Å². The number of hydrogen-bond donors (Lipinski definition) is 0. The molecule has 1 fully saturated rings. The number of amides is 1. The van der Waals surface area contributed by atoms with Gasteiger partial charge in [0.15, 0.2) is 0 Å². The lowest BCUT2D eigenvalue weighted by Crippen LogP contribution is -2.24. The van der Waals surface area contributed by atoms with E-state index in [1.54, 1.807) is 4.90 Å². The number of benzene rings is 1. The Morgan fingerprint density at radius 3 is 2.71 bits per heavy atom. The van der Waals surface area contributed by atoms with Crippen LogP contribution < -0.4 is 9.64 Å². The van der Waals surface area contributed by atoms with Gasteiger partial charge in [-0.2, -0.15) is 5.26 Å². The van der Waals surface area contributed by atoms with Gasteiger partial charge in [-0.15, -0.1) is 0 Å². The molecular weight excluding hydrogens is 216 g/mol. The van der Waals surface area contributed by atoms with Crippen LogP contribution in [-0.2, 0) is 4.79 Å². The molecule has 17 heavy (non-hydrogen) atoms. The molecule has 1 unspecified atom stereocenters. The molecule has 1 aromatic carbocycles. The lowest BCUT2D eigenvalue weighted by Gasteiger charge is -2.16. The zero-order valence-corrected chi connectivity index (χ0v) is 9.72. The predicted octanol–water partition coefficient (Wildman–Crippen LogP) is 1.96. The number of rotatable bonds is 3. The summed E-state index contributed by atoms with van der Waals surface area (Å²) in [5.74, 6) is 0.620. The zero-order chi connectivity index (χ0) is 12.3. The van der Waals surface area contributed by atoms with Crippen molar-refractivity contribution in [3.8, 4) is 11.8 Å². The van der Waals surface area contributed by atoms with Crippen molar-refractivity contribution in [2.45, 2.75) is 13.3 Å². The van der Waals surface area contributed by atoms with Crippen LogP contribution in [0.3, 0.4) is 0 Å². The number of ether oxygens (including phenoxy) is 1. The number of nitrogens with zero attached hydrogens (tertiary/aromatic N) is 2. The minimum atomic E-state index is -0.186. The number of anilines is 1. The predicted molar refractivity (Wildman–Crippen MR) is 63.7 cm³/mol. The maximum Gasteiger partial charge on any atom is 0.228 e. The molecule has 1 aromatic rings. The third kappa shape index (κ3) is 2.39. The summed E-state index contributed by atoms with van der Waals surface area (Å²) in [6.45, 7) is 3.04. The van der Waals surface area contributed by atoms with Gasteiger partial charge in [0, 0.05) is 18.7 Å². The SMILES string of the molecule is CCOc1ccc(N2CC(C#N)CC2=O)cc1. The van der Waals surface area contributed by atoms with Crippen LogP contribution in [-0.4, -0.2) is 19.1 Å². The van der Waals surface area contributed by atoms with E-state index in [-0.39, 0.29) is 11.8 Å². The van der Waals surface area contributed by atoms with E-state index >= 15 is 0 Å². The van der Waals surface area contributed by atoms with Crippen molar-refractivity contribution < 1.29 is 9.53 Å². The van der Waals surface area contributed by atoms with Gasteiger partial charge in [-0.05, 0) is 31.2 Å². The fourth-order valence-corrected chi connectivity index (χ4v) is 1.93. The Morgan fingerprint density at radius 1 is 1.47 bits per heavy atom. The second kappa shape index (κ2) is 4.88. The van der Waals surface area contributed by atoms with Crippen molar-refractivity contribution in [1.29, 1.82) is 5.26 Å². The molecule has 4 nitrogen and oxygen atoms in total. The molecule has 0 spiro atoms. The van der Waals surface area contributed by atoms with Crippen molar-refractivity contribution in [3.05, 3.63) is 24.3 Å². The molecule has 0 N–H and O–H groups in total. The standard InChI is InChI=1S/C13H14N2O2/c1-2-17-12-5-3-11(4-6-12)15-9-10(8-14)7-13(15)16/h3-6,10H,2,7,9H2,1H3. The highest BCUT2D eigenvalue weighted by molar-refractivity contribution is 5.96. The summed E-state index contributed by atoms with van der Waals surface area (Å²) in [5.41, 5.74) is 0.830. The van der Waals surface area contributed by atoms with Crippen LogP contribution in [0.4, 0.5) is 5.69 Å². The quantitative estimate of drug-likeness (QED) is 0.797. The summed E-state index contributed by atoms with van der Waals surface area (Å²) >= 11 is 0. The topological polar surface area (TPSA) is 53.3 Å². The first-order chi connectivity index (χ1) is 8.24. The molecule has 88 valence electrons. The van der Waals surface area contributed by atoms with E-state index in [2.05, 4.69) is 6.07 Å². The smallest absolute Gasteiger partial charge is 0.228 e. The van der Waals surface area contributed by atoms with E-state index in [4.69, 9.17) is 10.00 Å². The van der Waals surface area contributed by atoms with Gasteiger partial charge >= 0.3 is 0 Å². The van der Waals surface area contributed by atoms with E-state index in [9.17, 15) is 4.79 Å². The molecule has 1 heterocycles. The van der Waals surface area contributed by atoms with E-state index < -0.39 is 0 Å². The molecule has 0 bridgehead atoms. The molecule has 0 saturated carbocycles. The molecule has 2 rings (SSSR count). The minimum Gasteiger partial charge on any atom is -0.494 e. The second-order valence-electron chi connectivity index (χ2n) is 3.96. The van der Waals surface area contributed by atoms with Crippen molar-refractivity contribution in [2.24, 2.45) is 5.92 Å². The Labute approximate surface area is 100 Å². The molecule has 4 heteroatoms.